The van der Waals surface area contributed by atoms with Gasteiger partial charge >= 0.3 is 0 Å². The molecule has 0 saturated carbocycles. The van der Waals surface area contributed by atoms with Crippen LogP contribution in [0.1, 0.15) is 35.3 Å². The number of carbonyl (C=O) groups is 1. The zero-order chi connectivity index (χ0) is 15.5. The number of aryl methyl sites for hydroxylation is 2. The van der Waals surface area contributed by atoms with E-state index in [0.29, 0.717) is 6.54 Å². The van der Waals surface area contributed by atoms with Gasteiger partial charge in [-0.1, -0.05) is 17.7 Å². The molecule has 1 aromatic rings. The van der Waals surface area contributed by atoms with Gasteiger partial charge in [0.15, 0.2) is 0 Å². The van der Waals surface area contributed by atoms with Crippen molar-refractivity contribution in [3.63, 3.8) is 0 Å². The second-order valence-electron chi connectivity index (χ2n) is 6.41. The third-order valence-electron chi connectivity index (χ3n) is 4.19. The molecule has 116 valence electrons. The molecule has 0 atom stereocenters. The highest BCUT2D eigenvalue weighted by Gasteiger charge is 2.28. The maximum Gasteiger partial charge on any atom is 0.251 e. The summed E-state index contributed by atoms with van der Waals surface area (Å²) in [5.74, 6) is 0.0116. The third kappa shape index (κ3) is 4.05. The minimum Gasteiger partial charge on any atom is -0.379 e. The number of hydrogen-bond donors (Lipinski definition) is 1. The molecule has 0 spiro atoms. The summed E-state index contributed by atoms with van der Waals surface area (Å²) in [6.07, 6.45) is 0. The fourth-order valence-electron chi connectivity index (χ4n) is 2.65. The summed E-state index contributed by atoms with van der Waals surface area (Å²) in [6, 6.07) is 5.98. The normalized spacial score (nSPS) is 16.8. The van der Waals surface area contributed by atoms with Gasteiger partial charge in [0.25, 0.3) is 5.91 Å². The van der Waals surface area contributed by atoms with E-state index in [2.05, 4.69) is 24.1 Å². The summed E-state index contributed by atoms with van der Waals surface area (Å²) in [6.45, 7) is 12.3. The lowest BCUT2D eigenvalue weighted by molar-refractivity contribution is -0.00923. The first-order chi connectivity index (χ1) is 9.90. The van der Waals surface area contributed by atoms with Crippen LogP contribution in [0.15, 0.2) is 18.2 Å². The number of ether oxygens (including phenoxy) is 1. The van der Waals surface area contributed by atoms with E-state index in [0.717, 1.165) is 43.0 Å². The van der Waals surface area contributed by atoms with Crippen LogP contribution in [0.3, 0.4) is 0 Å². The fraction of sp³-hybridized carbons (Fsp3) is 0.588. The summed E-state index contributed by atoms with van der Waals surface area (Å²) in [7, 11) is 0. The van der Waals surface area contributed by atoms with E-state index >= 15 is 0 Å². The Morgan fingerprint density at radius 2 is 1.95 bits per heavy atom. The van der Waals surface area contributed by atoms with Crippen molar-refractivity contribution >= 4 is 5.91 Å². The molecule has 21 heavy (non-hydrogen) atoms. The van der Waals surface area contributed by atoms with Crippen molar-refractivity contribution < 1.29 is 9.53 Å². The molecule has 1 heterocycles. The van der Waals surface area contributed by atoms with Crippen LogP contribution < -0.4 is 5.32 Å². The van der Waals surface area contributed by atoms with Crippen LogP contribution in [0.4, 0.5) is 0 Å². The maximum absolute atomic E-state index is 12.4. The molecule has 0 bridgehead atoms. The number of carbonyl (C=O) groups excluding carboxylic acids is 1. The Hall–Kier alpha value is -1.39. The van der Waals surface area contributed by atoms with Crippen molar-refractivity contribution in [2.45, 2.75) is 33.2 Å². The molecule has 1 aliphatic heterocycles. The largest absolute Gasteiger partial charge is 0.379 e. The van der Waals surface area contributed by atoms with Crippen molar-refractivity contribution in [2.24, 2.45) is 0 Å². The van der Waals surface area contributed by atoms with Crippen LogP contribution in [0.2, 0.25) is 0 Å². The molecule has 4 nitrogen and oxygen atoms in total. The van der Waals surface area contributed by atoms with Crippen LogP contribution in [0, 0.1) is 13.8 Å². The zero-order valence-electron chi connectivity index (χ0n) is 13.5. The lowest BCUT2D eigenvalue weighted by Crippen LogP contribution is -2.55. The van der Waals surface area contributed by atoms with E-state index in [1.165, 1.54) is 0 Å². The van der Waals surface area contributed by atoms with Crippen LogP contribution in [-0.2, 0) is 4.74 Å². The van der Waals surface area contributed by atoms with E-state index in [-0.39, 0.29) is 11.4 Å². The van der Waals surface area contributed by atoms with Crippen molar-refractivity contribution in [3.8, 4) is 0 Å². The Labute approximate surface area is 127 Å². The summed E-state index contributed by atoms with van der Waals surface area (Å²) in [4.78, 5) is 14.8. The molecule has 4 heteroatoms. The van der Waals surface area contributed by atoms with Crippen molar-refractivity contribution in [3.05, 3.63) is 34.9 Å². The van der Waals surface area contributed by atoms with Gasteiger partial charge in [-0.05, 0) is 39.3 Å². The Morgan fingerprint density at radius 3 is 2.62 bits per heavy atom. The number of morpholine rings is 1. The van der Waals surface area contributed by atoms with Gasteiger partial charge < -0.3 is 10.1 Å². The number of amides is 1. The lowest BCUT2D eigenvalue weighted by Gasteiger charge is -2.40. The first-order valence-corrected chi connectivity index (χ1v) is 7.58. The highest BCUT2D eigenvalue weighted by molar-refractivity contribution is 5.95. The molecule has 1 fully saturated rings. The molecule has 0 unspecified atom stereocenters. The van der Waals surface area contributed by atoms with E-state index in [1.54, 1.807) is 0 Å². The number of nitrogens with one attached hydrogen (secondary N) is 1. The van der Waals surface area contributed by atoms with Gasteiger partial charge in [-0.3, -0.25) is 9.69 Å². The van der Waals surface area contributed by atoms with Gasteiger partial charge in [0.1, 0.15) is 0 Å². The highest BCUT2D eigenvalue weighted by Crippen LogP contribution is 2.16. The molecule has 1 aromatic carbocycles. The Bertz CT molecular complexity index is 506. The highest BCUT2D eigenvalue weighted by atomic mass is 16.5. The topological polar surface area (TPSA) is 41.6 Å². The fourth-order valence-corrected chi connectivity index (χ4v) is 2.65. The van der Waals surface area contributed by atoms with Crippen LogP contribution in [-0.4, -0.2) is 49.2 Å². The van der Waals surface area contributed by atoms with Crippen molar-refractivity contribution in [1.29, 1.82) is 0 Å². The van der Waals surface area contributed by atoms with Gasteiger partial charge in [-0.2, -0.15) is 0 Å². The molecule has 1 N–H and O–H groups in total. The second-order valence-corrected chi connectivity index (χ2v) is 6.41. The number of rotatable bonds is 4. The molecule has 2 rings (SSSR count). The van der Waals surface area contributed by atoms with Gasteiger partial charge in [-0.25, -0.2) is 0 Å². The van der Waals surface area contributed by atoms with Crippen LogP contribution >= 0.6 is 0 Å². The predicted molar refractivity (Wildman–Crippen MR) is 84.7 cm³/mol. The SMILES string of the molecule is Cc1ccc(C)c(C(=O)NCC(C)(C)N2CCOCC2)c1. The summed E-state index contributed by atoms with van der Waals surface area (Å²) < 4.78 is 5.39. The van der Waals surface area contributed by atoms with Gasteiger partial charge in [0.2, 0.25) is 0 Å². The minimum absolute atomic E-state index is 0.0116. The first kappa shape index (κ1) is 16.0. The van der Waals surface area contributed by atoms with E-state index in [4.69, 9.17) is 4.74 Å². The molecule has 1 amide bonds. The van der Waals surface area contributed by atoms with E-state index in [9.17, 15) is 4.79 Å². The third-order valence-corrected chi connectivity index (χ3v) is 4.19. The van der Waals surface area contributed by atoms with Crippen molar-refractivity contribution in [2.75, 3.05) is 32.8 Å². The summed E-state index contributed by atoms with van der Waals surface area (Å²) in [5, 5.41) is 3.08. The van der Waals surface area contributed by atoms with Crippen LogP contribution in [0.25, 0.3) is 0 Å². The summed E-state index contributed by atoms with van der Waals surface area (Å²) in [5.41, 5.74) is 2.84. The van der Waals surface area contributed by atoms with Gasteiger partial charge in [0, 0.05) is 30.7 Å². The monoisotopic (exact) mass is 290 g/mol. The summed E-state index contributed by atoms with van der Waals surface area (Å²) >= 11 is 0. The first-order valence-electron chi connectivity index (χ1n) is 7.58. The number of benzene rings is 1. The Balaban J connectivity index is 1.98. The lowest BCUT2D eigenvalue weighted by atomic mass is 10.0. The molecule has 0 aliphatic carbocycles. The minimum atomic E-state index is -0.0584. The standard InChI is InChI=1S/C17H26N2O2/c1-13-5-6-14(2)15(11-13)16(20)18-12-17(3,4)19-7-9-21-10-8-19/h5-6,11H,7-10,12H2,1-4H3,(H,18,20). The average molecular weight is 290 g/mol. The van der Waals surface area contributed by atoms with E-state index < -0.39 is 0 Å². The number of nitrogens with zero attached hydrogens (tertiary/aromatic N) is 1. The zero-order valence-corrected chi connectivity index (χ0v) is 13.5. The molecule has 0 radical (unpaired) electrons. The Morgan fingerprint density at radius 1 is 1.29 bits per heavy atom. The second kappa shape index (κ2) is 6.58. The Kier molecular flexibility index (Phi) is 5.01. The molecular formula is C17H26N2O2. The molecular weight excluding hydrogens is 264 g/mol. The molecule has 1 saturated heterocycles. The molecule has 0 aromatic heterocycles. The van der Waals surface area contributed by atoms with E-state index in [1.807, 2.05) is 32.0 Å². The van der Waals surface area contributed by atoms with Gasteiger partial charge in [0.05, 0.1) is 13.2 Å². The number of hydrogen-bond acceptors (Lipinski definition) is 3. The molecule has 1 aliphatic rings. The predicted octanol–water partition coefficient (Wildman–Crippen LogP) is 2.14. The average Bonchev–Trinajstić information content (AvgIpc) is 2.48. The maximum atomic E-state index is 12.4. The van der Waals surface area contributed by atoms with Crippen LogP contribution in [0.5, 0.6) is 0 Å². The van der Waals surface area contributed by atoms with Gasteiger partial charge in [-0.15, -0.1) is 0 Å². The van der Waals surface area contributed by atoms with Crippen molar-refractivity contribution in [1.82, 2.24) is 10.2 Å². The smallest absolute Gasteiger partial charge is 0.251 e. The quantitative estimate of drug-likeness (QED) is 0.924.